The summed E-state index contributed by atoms with van der Waals surface area (Å²) in [5.41, 5.74) is 0.550. The first-order valence-corrected chi connectivity index (χ1v) is 17.6. The Morgan fingerprint density at radius 3 is 2.40 bits per heavy atom. The highest BCUT2D eigenvalue weighted by molar-refractivity contribution is 7.79. The number of hydrogen-bond acceptors (Lipinski definition) is 10. The second-order valence-corrected chi connectivity index (χ2v) is 12.8. The summed E-state index contributed by atoms with van der Waals surface area (Å²) in [7, 11) is 0. The molecule has 0 radical (unpaired) electrons. The number of anilines is 1. The molecule has 2 fully saturated rings. The Morgan fingerprint density at radius 1 is 1.04 bits per heavy atom. The first-order valence-electron chi connectivity index (χ1n) is 16.4. The third kappa shape index (κ3) is 9.93. The summed E-state index contributed by atoms with van der Waals surface area (Å²) in [6, 6.07) is 9.26. The molecule has 2 aliphatic heterocycles. The van der Waals surface area contributed by atoms with Gasteiger partial charge in [0.25, 0.3) is 5.91 Å². The lowest BCUT2D eigenvalue weighted by Crippen LogP contribution is -2.56. The van der Waals surface area contributed by atoms with E-state index in [1.54, 1.807) is 29.2 Å². The number of nitrogens with zero attached hydrogens (tertiary/aromatic N) is 5. The molecule has 2 aromatic rings. The molecule has 0 aliphatic carbocycles. The number of amides is 4. The number of piperidine rings is 1. The van der Waals surface area contributed by atoms with E-state index in [-0.39, 0.29) is 73.9 Å². The van der Waals surface area contributed by atoms with Crippen molar-refractivity contribution in [3.05, 3.63) is 42.1 Å². The molecule has 4 rings (SSSR count). The molecule has 3 heterocycles. The highest BCUT2D eigenvalue weighted by Crippen LogP contribution is 2.28. The normalized spacial score (nSPS) is 19.3. The maximum atomic E-state index is 13.8. The minimum Gasteiger partial charge on any atom is -0.449 e. The van der Waals surface area contributed by atoms with E-state index in [9.17, 15) is 33.0 Å². The highest BCUT2D eigenvalue weighted by atomic mass is 32.2. The monoisotopic (exact) mass is 687 g/mol. The molecule has 1 aromatic carbocycles. The van der Waals surface area contributed by atoms with Gasteiger partial charge in [0.15, 0.2) is 16.9 Å². The largest absolute Gasteiger partial charge is 0.449 e. The van der Waals surface area contributed by atoms with Crippen LogP contribution in [0.15, 0.2) is 36.4 Å². The number of nitrogens with one attached hydrogen (secondary N) is 2. The van der Waals surface area contributed by atoms with E-state index >= 15 is 0 Å². The van der Waals surface area contributed by atoms with Crippen LogP contribution in [0.4, 0.5) is 10.6 Å². The van der Waals surface area contributed by atoms with Gasteiger partial charge >= 0.3 is 6.09 Å². The standard InChI is InChI=1S/C32H45N7O8S/c1-3-5-18-47-32(44)38-16-14-37(15-17-38)31(43)24(12-19-48(45)46)35-30(42)25-21-26(36-28(34-25)22-9-7-6-8-10-22)39-13-11-23(20-27(39)40)29(41)33-4-2/h6-10,21,23-24,27,40H,3-5,11-20H2,1-2H3,(H,33,41)(H,35,42)(H,45,46)/t23?,24-,27?/m0/s1. The second-order valence-electron chi connectivity index (χ2n) is 11.7. The second kappa shape index (κ2) is 17.8. The molecule has 0 bridgehead atoms. The van der Waals surface area contributed by atoms with Gasteiger partial charge in [0.1, 0.15) is 23.8 Å². The van der Waals surface area contributed by atoms with E-state index in [1.165, 1.54) is 15.9 Å². The average Bonchev–Trinajstić information content (AvgIpc) is 3.10. The van der Waals surface area contributed by atoms with Crippen LogP contribution in [0.3, 0.4) is 0 Å². The molecular formula is C32H45N7O8S. The molecule has 2 aliphatic rings. The summed E-state index contributed by atoms with van der Waals surface area (Å²) in [4.78, 5) is 65.9. The predicted octanol–water partition coefficient (Wildman–Crippen LogP) is 1.61. The van der Waals surface area contributed by atoms with Gasteiger partial charge in [-0.1, -0.05) is 43.7 Å². The Bertz CT molecular complexity index is 1440. The van der Waals surface area contributed by atoms with Crippen LogP contribution >= 0.6 is 0 Å². The van der Waals surface area contributed by atoms with E-state index in [0.29, 0.717) is 31.7 Å². The number of ether oxygens (including phenoxy) is 1. The van der Waals surface area contributed by atoms with Crippen LogP contribution in [-0.4, -0.2) is 121 Å². The molecule has 4 amide bonds. The fraction of sp³-hybridized carbons (Fsp3) is 0.562. The average molecular weight is 688 g/mol. The Labute approximate surface area is 282 Å². The number of hydrogen-bond donors (Lipinski definition) is 4. The van der Waals surface area contributed by atoms with Crippen molar-refractivity contribution in [1.29, 1.82) is 0 Å². The molecule has 4 N–H and O–H groups in total. The molecular weight excluding hydrogens is 642 g/mol. The summed E-state index contributed by atoms with van der Waals surface area (Å²) in [5.74, 6) is -1.41. The number of aromatic nitrogens is 2. The third-order valence-corrected chi connectivity index (χ3v) is 8.91. The van der Waals surface area contributed by atoms with Crippen LogP contribution in [0.25, 0.3) is 11.4 Å². The van der Waals surface area contributed by atoms with Gasteiger partial charge in [-0.2, -0.15) is 0 Å². The van der Waals surface area contributed by atoms with Crippen LogP contribution in [0.2, 0.25) is 0 Å². The topological polar surface area (TPSA) is 195 Å². The van der Waals surface area contributed by atoms with Crippen molar-refractivity contribution < 1.29 is 37.8 Å². The lowest BCUT2D eigenvalue weighted by Gasteiger charge is -2.37. The first-order chi connectivity index (χ1) is 23.1. The Balaban J connectivity index is 1.53. The van der Waals surface area contributed by atoms with Crippen LogP contribution < -0.4 is 15.5 Å². The molecule has 48 heavy (non-hydrogen) atoms. The van der Waals surface area contributed by atoms with Crippen molar-refractivity contribution in [3.63, 3.8) is 0 Å². The SMILES string of the molecule is CCCCOC(=O)N1CCN(C(=O)[C@H](CCS(=O)O)NC(=O)c2cc(N3CCC(C(=O)NCC)CC3O)nc(-c3ccccc3)n2)CC1. The predicted molar refractivity (Wildman–Crippen MR) is 178 cm³/mol. The van der Waals surface area contributed by atoms with E-state index in [0.717, 1.165) is 12.8 Å². The van der Waals surface area contributed by atoms with Gasteiger partial charge in [-0.25, -0.2) is 19.0 Å². The fourth-order valence-corrected chi connectivity index (χ4v) is 6.05. The zero-order chi connectivity index (χ0) is 34.6. The molecule has 1 aromatic heterocycles. The molecule has 2 saturated heterocycles. The number of benzene rings is 1. The van der Waals surface area contributed by atoms with Gasteiger partial charge in [-0.05, 0) is 26.2 Å². The molecule has 0 spiro atoms. The maximum Gasteiger partial charge on any atom is 0.409 e. The Kier molecular flexibility index (Phi) is 13.6. The van der Waals surface area contributed by atoms with Gasteiger partial charge in [0, 0.05) is 63.2 Å². The molecule has 3 unspecified atom stereocenters. The molecule has 262 valence electrons. The zero-order valence-corrected chi connectivity index (χ0v) is 28.2. The van der Waals surface area contributed by atoms with Gasteiger partial charge in [0.05, 0.1) is 12.4 Å². The van der Waals surface area contributed by atoms with Gasteiger partial charge in [-0.15, -0.1) is 0 Å². The van der Waals surface area contributed by atoms with Crippen molar-refractivity contribution in [1.82, 2.24) is 30.4 Å². The number of carbonyl (C=O) groups excluding carboxylic acids is 4. The number of aliphatic hydroxyl groups is 1. The number of piperazine rings is 1. The van der Waals surface area contributed by atoms with Crippen LogP contribution in [-0.2, 0) is 25.4 Å². The number of unbranched alkanes of at least 4 members (excludes halogenated alkanes) is 1. The first kappa shape index (κ1) is 36.7. The Hall–Kier alpha value is -4.15. The summed E-state index contributed by atoms with van der Waals surface area (Å²) in [6.45, 7) is 5.85. The summed E-state index contributed by atoms with van der Waals surface area (Å²) in [5, 5.41) is 16.5. The quantitative estimate of drug-likeness (QED) is 0.177. The van der Waals surface area contributed by atoms with Crippen molar-refractivity contribution in [2.45, 2.75) is 58.2 Å². The van der Waals surface area contributed by atoms with Gasteiger partial charge in [0.2, 0.25) is 11.8 Å². The lowest BCUT2D eigenvalue weighted by molar-refractivity contribution is -0.135. The van der Waals surface area contributed by atoms with Crippen molar-refractivity contribution >= 4 is 40.7 Å². The van der Waals surface area contributed by atoms with Crippen LogP contribution in [0, 0.1) is 5.92 Å². The van der Waals surface area contributed by atoms with E-state index < -0.39 is 41.3 Å². The fourth-order valence-electron chi connectivity index (χ4n) is 5.61. The van der Waals surface area contributed by atoms with Gasteiger partial charge in [-0.3, -0.25) is 14.4 Å². The lowest BCUT2D eigenvalue weighted by atomic mass is 9.94. The Morgan fingerprint density at radius 2 is 1.75 bits per heavy atom. The molecule has 4 atom stereocenters. The van der Waals surface area contributed by atoms with Crippen molar-refractivity contribution in [2.75, 3.05) is 56.5 Å². The summed E-state index contributed by atoms with van der Waals surface area (Å²) in [6.07, 6.45) is 0.702. The van der Waals surface area contributed by atoms with E-state index in [1.807, 2.05) is 19.9 Å². The number of aliphatic hydroxyl groups excluding tert-OH is 1. The van der Waals surface area contributed by atoms with Crippen molar-refractivity contribution in [3.8, 4) is 11.4 Å². The number of rotatable bonds is 13. The highest BCUT2D eigenvalue weighted by Gasteiger charge is 2.34. The van der Waals surface area contributed by atoms with Gasteiger partial charge < -0.3 is 39.7 Å². The van der Waals surface area contributed by atoms with E-state index in [4.69, 9.17) is 4.74 Å². The molecule has 16 heteroatoms. The smallest absolute Gasteiger partial charge is 0.409 e. The minimum absolute atomic E-state index is 0.0699. The van der Waals surface area contributed by atoms with Crippen LogP contribution in [0.5, 0.6) is 0 Å². The summed E-state index contributed by atoms with van der Waals surface area (Å²) >= 11 is -2.21. The zero-order valence-electron chi connectivity index (χ0n) is 27.4. The number of carbonyl (C=O) groups is 4. The summed E-state index contributed by atoms with van der Waals surface area (Å²) < 4.78 is 26.3. The molecule has 0 saturated carbocycles. The maximum absolute atomic E-state index is 13.8. The van der Waals surface area contributed by atoms with Crippen LogP contribution in [0.1, 0.15) is 56.4 Å². The van der Waals surface area contributed by atoms with E-state index in [2.05, 4.69) is 20.6 Å². The third-order valence-electron chi connectivity index (χ3n) is 8.32. The van der Waals surface area contributed by atoms with Crippen molar-refractivity contribution in [2.24, 2.45) is 5.92 Å². The minimum atomic E-state index is -2.21. The molecule has 15 nitrogen and oxygen atoms in total.